The lowest BCUT2D eigenvalue weighted by Gasteiger charge is -2.27. The molecule has 5 heteroatoms. The van der Waals surface area contributed by atoms with Gasteiger partial charge in [0.05, 0.1) is 0 Å². The van der Waals surface area contributed by atoms with Crippen LogP contribution in [0.2, 0.25) is 0 Å². The van der Waals surface area contributed by atoms with Crippen LogP contribution in [0.3, 0.4) is 0 Å². The SMILES string of the molecule is CN(CC(C)(C)C)c1ccc(C(N)=NO)cn1. The Hall–Kier alpha value is -1.78. The first kappa shape index (κ1) is 13.3. The zero-order chi connectivity index (χ0) is 13.1. The summed E-state index contributed by atoms with van der Waals surface area (Å²) in [7, 11) is 2.00. The number of hydrogen-bond donors (Lipinski definition) is 2. The zero-order valence-electron chi connectivity index (χ0n) is 10.8. The second-order valence-electron chi connectivity index (χ2n) is 5.31. The Morgan fingerprint density at radius 2 is 2.12 bits per heavy atom. The molecular weight excluding hydrogens is 216 g/mol. The van der Waals surface area contributed by atoms with Crippen molar-refractivity contribution in [1.82, 2.24) is 4.98 Å². The number of oxime groups is 1. The number of nitrogens with zero attached hydrogens (tertiary/aromatic N) is 3. The molecule has 0 fully saturated rings. The molecule has 0 aliphatic heterocycles. The van der Waals surface area contributed by atoms with E-state index in [0.29, 0.717) is 5.56 Å². The van der Waals surface area contributed by atoms with Crippen molar-refractivity contribution < 1.29 is 5.21 Å². The first-order valence-corrected chi connectivity index (χ1v) is 5.48. The van der Waals surface area contributed by atoms with Crippen molar-refractivity contribution >= 4 is 11.7 Å². The fourth-order valence-corrected chi connectivity index (χ4v) is 1.61. The summed E-state index contributed by atoms with van der Waals surface area (Å²) < 4.78 is 0. The molecule has 1 aromatic rings. The topological polar surface area (TPSA) is 74.7 Å². The van der Waals surface area contributed by atoms with Gasteiger partial charge in [-0.2, -0.15) is 0 Å². The normalized spacial score (nSPS) is 12.6. The molecule has 0 radical (unpaired) electrons. The molecule has 0 spiro atoms. The van der Waals surface area contributed by atoms with Crippen LogP contribution in [0.25, 0.3) is 0 Å². The molecule has 0 saturated carbocycles. The average Bonchev–Trinajstić information content (AvgIpc) is 2.26. The number of aromatic nitrogens is 1. The van der Waals surface area contributed by atoms with E-state index in [9.17, 15) is 0 Å². The average molecular weight is 236 g/mol. The van der Waals surface area contributed by atoms with E-state index in [1.54, 1.807) is 12.3 Å². The molecule has 0 atom stereocenters. The summed E-state index contributed by atoms with van der Waals surface area (Å²) in [5.74, 6) is 0.942. The highest BCUT2D eigenvalue weighted by molar-refractivity contribution is 5.96. The monoisotopic (exact) mass is 236 g/mol. The lowest BCUT2D eigenvalue weighted by atomic mass is 9.96. The van der Waals surface area contributed by atoms with Gasteiger partial charge >= 0.3 is 0 Å². The van der Waals surface area contributed by atoms with Gasteiger partial charge in [0, 0.05) is 25.4 Å². The van der Waals surface area contributed by atoms with Crippen LogP contribution in [-0.2, 0) is 0 Å². The van der Waals surface area contributed by atoms with Crippen molar-refractivity contribution in [3.8, 4) is 0 Å². The second-order valence-corrected chi connectivity index (χ2v) is 5.31. The van der Waals surface area contributed by atoms with Gasteiger partial charge < -0.3 is 15.8 Å². The summed E-state index contributed by atoms with van der Waals surface area (Å²) in [6.07, 6.45) is 1.60. The molecule has 5 nitrogen and oxygen atoms in total. The number of amidine groups is 1. The van der Waals surface area contributed by atoms with Crippen LogP contribution >= 0.6 is 0 Å². The van der Waals surface area contributed by atoms with Crippen LogP contribution in [0.1, 0.15) is 26.3 Å². The number of nitrogens with two attached hydrogens (primary N) is 1. The van der Waals surface area contributed by atoms with Gasteiger partial charge in [0.2, 0.25) is 0 Å². The van der Waals surface area contributed by atoms with Crippen molar-refractivity contribution in [3.05, 3.63) is 23.9 Å². The van der Waals surface area contributed by atoms with Gasteiger partial charge in [-0.1, -0.05) is 25.9 Å². The zero-order valence-corrected chi connectivity index (χ0v) is 10.8. The maximum absolute atomic E-state index is 8.54. The fraction of sp³-hybridized carbons (Fsp3) is 0.500. The van der Waals surface area contributed by atoms with Crippen LogP contribution in [-0.4, -0.2) is 29.6 Å². The largest absolute Gasteiger partial charge is 0.409 e. The minimum Gasteiger partial charge on any atom is -0.409 e. The van der Waals surface area contributed by atoms with Crippen molar-refractivity contribution in [2.75, 3.05) is 18.5 Å². The van der Waals surface area contributed by atoms with Gasteiger partial charge in [-0.3, -0.25) is 0 Å². The Labute approximate surface area is 102 Å². The third-order valence-electron chi connectivity index (χ3n) is 2.25. The van der Waals surface area contributed by atoms with E-state index in [4.69, 9.17) is 10.9 Å². The van der Waals surface area contributed by atoms with Crippen LogP contribution < -0.4 is 10.6 Å². The molecule has 1 heterocycles. The molecular formula is C12H20N4O. The van der Waals surface area contributed by atoms with Crippen LogP contribution in [0.5, 0.6) is 0 Å². The van der Waals surface area contributed by atoms with Crippen molar-refractivity contribution in [2.24, 2.45) is 16.3 Å². The Morgan fingerprint density at radius 3 is 2.53 bits per heavy atom. The lowest BCUT2D eigenvalue weighted by molar-refractivity contribution is 0.318. The summed E-state index contributed by atoms with van der Waals surface area (Å²) in [5, 5.41) is 11.5. The van der Waals surface area contributed by atoms with Crippen LogP contribution in [0, 0.1) is 5.41 Å². The molecule has 0 aliphatic rings. The lowest BCUT2D eigenvalue weighted by Crippen LogP contribution is -2.29. The van der Waals surface area contributed by atoms with Crippen molar-refractivity contribution in [1.29, 1.82) is 0 Å². The quantitative estimate of drug-likeness (QED) is 0.362. The molecule has 0 saturated heterocycles. The first-order valence-electron chi connectivity index (χ1n) is 5.48. The Morgan fingerprint density at radius 1 is 1.47 bits per heavy atom. The predicted octanol–water partition coefficient (Wildman–Crippen LogP) is 1.66. The summed E-state index contributed by atoms with van der Waals surface area (Å²) in [4.78, 5) is 6.37. The van der Waals surface area contributed by atoms with E-state index in [1.165, 1.54) is 0 Å². The summed E-state index contributed by atoms with van der Waals surface area (Å²) in [6.45, 7) is 7.43. The number of hydrogen-bond acceptors (Lipinski definition) is 4. The third-order valence-corrected chi connectivity index (χ3v) is 2.25. The van der Waals surface area contributed by atoms with Gasteiger partial charge in [0.15, 0.2) is 5.84 Å². The van der Waals surface area contributed by atoms with E-state index in [2.05, 4.69) is 35.8 Å². The van der Waals surface area contributed by atoms with Gasteiger partial charge in [-0.05, 0) is 17.5 Å². The van der Waals surface area contributed by atoms with E-state index in [1.807, 2.05) is 13.1 Å². The van der Waals surface area contributed by atoms with E-state index in [0.717, 1.165) is 12.4 Å². The summed E-state index contributed by atoms with van der Waals surface area (Å²) in [6, 6.07) is 3.65. The summed E-state index contributed by atoms with van der Waals surface area (Å²) in [5.41, 5.74) is 6.29. The summed E-state index contributed by atoms with van der Waals surface area (Å²) >= 11 is 0. The van der Waals surface area contributed by atoms with Gasteiger partial charge in [-0.25, -0.2) is 4.98 Å². The Bertz CT molecular complexity index is 392. The minimum absolute atomic E-state index is 0.0718. The van der Waals surface area contributed by atoms with E-state index < -0.39 is 0 Å². The van der Waals surface area contributed by atoms with Crippen molar-refractivity contribution in [3.63, 3.8) is 0 Å². The molecule has 3 N–H and O–H groups in total. The number of anilines is 1. The second kappa shape index (κ2) is 5.03. The maximum atomic E-state index is 8.54. The molecule has 1 aromatic heterocycles. The van der Waals surface area contributed by atoms with Gasteiger partial charge in [0.1, 0.15) is 5.82 Å². The van der Waals surface area contributed by atoms with Crippen LogP contribution in [0.4, 0.5) is 5.82 Å². The smallest absolute Gasteiger partial charge is 0.171 e. The number of pyridine rings is 1. The highest BCUT2D eigenvalue weighted by Gasteiger charge is 2.14. The Kier molecular flexibility index (Phi) is 3.93. The molecule has 0 amide bonds. The fourth-order valence-electron chi connectivity index (χ4n) is 1.61. The molecule has 0 unspecified atom stereocenters. The minimum atomic E-state index is 0.0718. The standard InChI is InChI=1S/C12H20N4O/c1-12(2,3)8-16(4)10-6-5-9(7-14-10)11(13)15-17/h5-7,17H,8H2,1-4H3,(H2,13,15). The maximum Gasteiger partial charge on any atom is 0.171 e. The molecule has 1 rings (SSSR count). The third kappa shape index (κ3) is 3.94. The van der Waals surface area contributed by atoms with E-state index in [-0.39, 0.29) is 11.3 Å². The van der Waals surface area contributed by atoms with Crippen LogP contribution in [0.15, 0.2) is 23.5 Å². The molecule has 17 heavy (non-hydrogen) atoms. The molecule has 0 aliphatic carbocycles. The highest BCUT2D eigenvalue weighted by Crippen LogP contribution is 2.18. The van der Waals surface area contributed by atoms with Gasteiger partial charge in [0.25, 0.3) is 0 Å². The molecule has 0 aromatic carbocycles. The van der Waals surface area contributed by atoms with Gasteiger partial charge in [-0.15, -0.1) is 0 Å². The molecule has 94 valence electrons. The molecule has 0 bridgehead atoms. The van der Waals surface area contributed by atoms with Crippen molar-refractivity contribution in [2.45, 2.75) is 20.8 Å². The Balaban J connectivity index is 2.81. The predicted molar refractivity (Wildman–Crippen MR) is 69.5 cm³/mol. The number of rotatable bonds is 3. The highest BCUT2D eigenvalue weighted by atomic mass is 16.4. The first-order chi connectivity index (χ1) is 7.83. The van der Waals surface area contributed by atoms with E-state index >= 15 is 0 Å².